The van der Waals surface area contributed by atoms with Crippen LogP contribution in [0, 0.1) is 0 Å². The number of amides is 2. The zero-order valence-corrected chi connectivity index (χ0v) is 19.9. The van der Waals surface area contributed by atoms with Crippen LogP contribution >= 0.6 is 11.3 Å². The Morgan fingerprint density at radius 3 is 2.58 bits per heavy atom. The van der Waals surface area contributed by atoms with Crippen LogP contribution in [0.15, 0.2) is 35.7 Å². The molecule has 1 atom stereocenters. The van der Waals surface area contributed by atoms with Crippen molar-refractivity contribution in [1.29, 1.82) is 0 Å². The van der Waals surface area contributed by atoms with Crippen LogP contribution < -0.4 is 4.74 Å². The normalized spacial score (nSPS) is 15.6. The highest BCUT2D eigenvalue weighted by Crippen LogP contribution is 2.34. The topological polar surface area (TPSA) is 49.9 Å². The molecule has 0 fully saturated rings. The maximum Gasteiger partial charge on any atom is 0.242 e. The van der Waals surface area contributed by atoms with E-state index in [9.17, 15) is 9.59 Å². The smallest absolute Gasteiger partial charge is 0.242 e. The molecule has 6 heteroatoms. The Hall–Kier alpha value is -2.34. The van der Waals surface area contributed by atoms with Crippen LogP contribution in [0.1, 0.15) is 68.5 Å². The number of benzene rings is 1. The van der Waals surface area contributed by atoms with E-state index in [-0.39, 0.29) is 24.4 Å². The summed E-state index contributed by atoms with van der Waals surface area (Å²) in [4.78, 5) is 30.5. The number of fused-ring (bicyclic) bond motifs is 1. The van der Waals surface area contributed by atoms with E-state index in [0.29, 0.717) is 32.0 Å². The van der Waals surface area contributed by atoms with Crippen LogP contribution in [0.5, 0.6) is 5.75 Å². The van der Waals surface area contributed by atoms with Crippen LogP contribution in [0.4, 0.5) is 0 Å². The van der Waals surface area contributed by atoms with Crippen LogP contribution in [-0.2, 0) is 16.0 Å². The van der Waals surface area contributed by atoms with Gasteiger partial charge in [-0.3, -0.25) is 9.59 Å². The standard InChI is InChI=1S/C25H34N2O3S/c1-5-13-26(24(28)6-2)16-25(29)27-14-11-23-21(12-15-31-23)22(27)17-30-20-9-7-19(8-10-20)18(3)4/h7-10,12,15,18,22H,5-6,11,13-14,16-17H2,1-4H3. The van der Waals surface area contributed by atoms with E-state index in [0.717, 1.165) is 18.6 Å². The second-order valence-electron chi connectivity index (χ2n) is 8.36. The van der Waals surface area contributed by atoms with Crippen LogP contribution in [0.2, 0.25) is 0 Å². The Morgan fingerprint density at radius 2 is 1.94 bits per heavy atom. The van der Waals surface area contributed by atoms with E-state index in [1.165, 1.54) is 16.0 Å². The molecular weight excluding hydrogens is 408 g/mol. The fraction of sp³-hybridized carbons (Fsp3) is 0.520. The third-order valence-corrected chi connectivity index (χ3v) is 6.84. The molecule has 1 aromatic carbocycles. The van der Waals surface area contributed by atoms with Gasteiger partial charge in [0.2, 0.25) is 11.8 Å². The van der Waals surface area contributed by atoms with Crippen LogP contribution in [0.3, 0.4) is 0 Å². The van der Waals surface area contributed by atoms with Crippen molar-refractivity contribution >= 4 is 23.2 Å². The Morgan fingerprint density at radius 1 is 1.19 bits per heavy atom. The number of carbonyl (C=O) groups is 2. The van der Waals surface area contributed by atoms with Gasteiger partial charge in [0, 0.05) is 24.4 Å². The van der Waals surface area contributed by atoms with Crippen molar-refractivity contribution in [3.8, 4) is 5.75 Å². The van der Waals surface area contributed by atoms with Gasteiger partial charge in [-0.15, -0.1) is 11.3 Å². The number of thiophene rings is 1. The molecule has 0 saturated carbocycles. The Balaban J connectivity index is 1.74. The van der Waals surface area contributed by atoms with Crippen molar-refractivity contribution in [2.45, 2.75) is 58.9 Å². The largest absolute Gasteiger partial charge is 0.491 e. The molecule has 2 amide bonds. The Labute approximate surface area is 190 Å². The summed E-state index contributed by atoms with van der Waals surface area (Å²) in [7, 11) is 0. The number of hydrogen-bond acceptors (Lipinski definition) is 4. The average Bonchev–Trinajstić information content (AvgIpc) is 3.25. The summed E-state index contributed by atoms with van der Waals surface area (Å²) in [5.41, 5.74) is 2.45. The number of carbonyl (C=O) groups excluding carboxylic acids is 2. The molecule has 0 bridgehead atoms. The lowest BCUT2D eigenvalue weighted by Gasteiger charge is -2.37. The van der Waals surface area contributed by atoms with Crippen molar-refractivity contribution in [2.24, 2.45) is 0 Å². The summed E-state index contributed by atoms with van der Waals surface area (Å²) in [6.07, 6.45) is 2.11. The van der Waals surface area contributed by atoms with Crippen molar-refractivity contribution in [3.05, 3.63) is 51.7 Å². The molecule has 0 spiro atoms. The second-order valence-corrected chi connectivity index (χ2v) is 9.36. The highest BCUT2D eigenvalue weighted by atomic mass is 32.1. The van der Waals surface area contributed by atoms with Crippen molar-refractivity contribution in [3.63, 3.8) is 0 Å². The first-order valence-electron chi connectivity index (χ1n) is 11.3. The fourth-order valence-electron chi connectivity index (χ4n) is 4.04. The molecule has 5 nitrogen and oxygen atoms in total. The van der Waals surface area contributed by atoms with E-state index in [1.54, 1.807) is 16.2 Å². The fourth-order valence-corrected chi connectivity index (χ4v) is 4.97. The molecule has 168 valence electrons. The summed E-state index contributed by atoms with van der Waals surface area (Å²) < 4.78 is 6.14. The predicted molar refractivity (Wildman–Crippen MR) is 126 cm³/mol. The molecule has 31 heavy (non-hydrogen) atoms. The maximum atomic E-state index is 13.3. The van der Waals surface area contributed by atoms with Gasteiger partial charge in [0.1, 0.15) is 12.4 Å². The van der Waals surface area contributed by atoms with Gasteiger partial charge in [-0.2, -0.15) is 0 Å². The zero-order chi connectivity index (χ0) is 22.4. The van der Waals surface area contributed by atoms with Gasteiger partial charge < -0.3 is 14.5 Å². The highest BCUT2D eigenvalue weighted by Gasteiger charge is 2.33. The lowest BCUT2D eigenvalue weighted by Crippen LogP contribution is -2.47. The Kier molecular flexibility index (Phi) is 8.13. The van der Waals surface area contributed by atoms with Gasteiger partial charge in [0.05, 0.1) is 12.6 Å². The molecule has 0 N–H and O–H groups in total. The minimum atomic E-state index is -0.132. The number of rotatable bonds is 9. The first kappa shape index (κ1) is 23.3. The highest BCUT2D eigenvalue weighted by molar-refractivity contribution is 7.10. The summed E-state index contributed by atoms with van der Waals surface area (Å²) in [6, 6.07) is 10.2. The van der Waals surface area contributed by atoms with Crippen LogP contribution in [-0.4, -0.2) is 47.9 Å². The maximum absolute atomic E-state index is 13.3. The summed E-state index contributed by atoms with van der Waals surface area (Å²) >= 11 is 1.74. The van der Waals surface area contributed by atoms with Crippen molar-refractivity contribution < 1.29 is 14.3 Å². The minimum absolute atomic E-state index is 0.00384. The molecule has 0 aliphatic carbocycles. The van der Waals surface area contributed by atoms with Gasteiger partial charge in [-0.05, 0) is 53.5 Å². The van der Waals surface area contributed by atoms with E-state index in [2.05, 4.69) is 37.4 Å². The van der Waals surface area contributed by atoms with E-state index in [4.69, 9.17) is 4.74 Å². The quantitative estimate of drug-likeness (QED) is 0.548. The van der Waals surface area contributed by atoms with Gasteiger partial charge in [-0.1, -0.05) is 39.8 Å². The van der Waals surface area contributed by atoms with Gasteiger partial charge >= 0.3 is 0 Å². The monoisotopic (exact) mass is 442 g/mol. The SMILES string of the molecule is CCCN(CC(=O)N1CCc2sccc2C1COc1ccc(C(C)C)cc1)C(=O)CC. The van der Waals surface area contributed by atoms with Crippen LogP contribution in [0.25, 0.3) is 0 Å². The third kappa shape index (κ3) is 5.67. The zero-order valence-electron chi connectivity index (χ0n) is 19.1. The number of hydrogen-bond donors (Lipinski definition) is 0. The third-order valence-electron chi connectivity index (χ3n) is 5.84. The lowest BCUT2D eigenvalue weighted by atomic mass is 10.00. The average molecular weight is 443 g/mol. The van der Waals surface area contributed by atoms with Gasteiger partial charge in [-0.25, -0.2) is 0 Å². The van der Waals surface area contributed by atoms with Crippen molar-refractivity contribution in [2.75, 3.05) is 26.2 Å². The molecule has 1 aliphatic heterocycles. The molecule has 2 aromatic rings. The molecular formula is C25H34N2O3S. The predicted octanol–water partition coefficient (Wildman–Crippen LogP) is 5.02. The molecule has 0 saturated heterocycles. The first-order chi connectivity index (χ1) is 14.9. The van der Waals surface area contributed by atoms with E-state index >= 15 is 0 Å². The summed E-state index contributed by atoms with van der Waals surface area (Å²) in [5.74, 6) is 1.32. The lowest BCUT2D eigenvalue weighted by molar-refractivity contribution is -0.142. The first-order valence-corrected chi connectivity index (χ1v) is 12.2. The molecule has 1 unspecified atom stereocenters. The molecule has 2 heterocycles. The van der Waals surface area contributed by atoms with E-state index in [1.807, 2.05) is 30.9 Å². The summed E-state index contributed by atoms with van der Waals surface area (Å²) in [6.45, 7) is 10.0. The van der Waals surface area contributed by atoms with Gasteiger partial charge in [0.15, 0.2) is 0 Å². The minimum Gasteiger partial charge on any atom is -0.491 e. The second kappa shape index (κ2) is 10.8. The Bertz CT molecular complexity index is 875. The number of ether oxygens (including phenoxy) is 1. The number of nitrogens with zero attached hydrogens (tertiary/aromatic N) is 2. The van der Waals surface area contributed by atoms with Gasteiger partial charge in [0.25, 0.3) is 0 Å². The molecule has 3 rings (SSSR count). The molecule has 0 radical (unpaired) electrons. The van der Waals surface area contributed by atoms with E-state index < -0.39 is 0 Å². The summed E-state index contributed by atoms with van der Waals surface area (Å²) in [5, 5.41) is 2.09. The van der Waals surface area contributed by atoms with Crippen molar-refractivity contribution in [1.82, 2.24) is 9.80 Å². The molecule has 1 aliphatic rings. The molecule has 1 aromatic heterocycles.